The van der Waals surface area contributed by atoms with E-state index in [1.54, 1.807) is 61.0 Å². The Morgan fingerprint density at radius 2 is 1.65 bits per heavy atom. The molecule has 0 aliphatic carbocycles. The Bertz CT molecular complexity index is 1090. The number of urea groups is 1. The molecule has 0 saturated carbocycles. The molecule has 0 unspecified atom stereocenters. The summed E-state index contributed by atoms with van der Waals surface area (Å²) in [6.45, 7) is 10.3. The van der Waals surface area contributed by atoms with Gasteiger partial charge in [-0.3, -0.25) is 20.6 Å². The highest BCUT2D eigenvalue weighted by molar-refractivity contribution is 7.10. The molecule has 5 amide bonds. The maximum absolute atomic E-state index is 13.1. The number of thiophene rings is 1. The van der Waals surface area contributed by atoms with E-state index < -0.39 is 41.5 Å². The third-order valence-electron chi connectivity index (χ3n) is 5.25. The molecule has 1 fully saturated rings. The van der Waals surface area contributed by atoms with Crippen molar-refractivity contribution < 1.29 is 33.9 Å². The maximum atomic E-state index is 13.1. The SMILES string of the molecule is CN(C)C(=O)[C@@H]1c2c(CN=C(NC(=O)OC(C)(C)C)NC(=O)OC(C)(C)C)csc2[C@H]2CN1C(=O)N2O. The Balaban J connectivity index is 1.94. The lowest BCUT2D eigenvalue weighted by Crippen LogP contribution is -2.47. The Morgan fingerprint density at radius 3 is 2.14 bits per heavy atom. The second-order valence-electron chi connectivity index (χ2n) is 10.9. The summed E-state index contributed by atoms with van der Waals surface area (Å²) in [6, 6.07) is -2.19. The topological polar surface area (TPSA) is 153 Å². The van der Waals surface area contributed by atoms with Gasteiger partial charge in [-0.05, 0) is 52.5 Å². The van der Waals surface area contributed by atoms with Gasteiger partial charge in [0.15, 0.2) is 0 Å². The molecule has 2 atom stereocenters. The molecule has 1 aromatic rings. The van der Waals surface area contributed by atoms with Gasteiger partial charge in [-0.2, -0.15) is 5.06 Å². The van der Waals surface area contributed by atoms with Crippen LogP contribution in [0.1, 0.15) is 69.6 Å². The number of guanidine groups is 1. The van der Waals surface area contributed by atoms with Gasteiger partial charge >= 0.3 is 18.2 Å². The number of carbonyl (C=O) groups is 4. The molecule has 2 bridgehead atoms. The summed E-state index contributed by atoms with van der Waals surface area (Å²) in [7, 11) is 3.17. The fraction of sp³-hybridized carbons (Fsp3) is 0.609. The van der Waals surface area contributed by atoms with Gasteiger partial charge in [0.25, 0.3) is 0 Å². The van der Waals surface area contributed by atoms with Crippen molar-refractivity contribution in [2.45, 2.75) is 71.4 Å². The number of nitrogens with zero attached hydrogens (tertiary/aromatic N) is 4. The van der Waals surface area contributed by atoms with E-state index in [-0.39, 0.29) is 25.0 Å². The molecule has 0 spiro atoms. The lowest BCUT2D eigenvalue weighted by Gasteiger charge is -2.32. The number of likely N-dealkylation sites (N-methyl/N-ethyl adjacent to an activating group) is 1. The van der Waals surface area contributed by atoms with Gasteiger partial charge in [0.2, 0.25) is 11.9 Å². The van der Waals surface area contributed by atoms with Crippen LogP contribution in [0.5, 0.6) is 0 Å². The van der Waals surface area contributed by atoms with Gasteiger partial charge in [0.1, 0.15) is 23.3 Å². The normalized spacial score (nSPS) is 18.7. The van der Waals surface area contributed by atoms with Crippen molar-refractivity contribution in [2.24, 2.45) is 4.99 Å². The molecular weight excluding hydrogens is 504 g/mol. The van der Waals surface area contributed by atoms with Crippen molar-refractivity contribution in [3.63, 3.8) is 0 Å². The summed E-state index contributed by atoms with van der Waals surface area (Å²) in [5.74, 6) is -0.538. The molecule has 2 aliphatic rings. The van der Waals surface area contributed by atoms with Gasteiger partial charge in [-0.25, -0.2) is 19.4 Å². The predicted octanol–water partition coefficient (Wildman–Crippen LogP) is 2.96. The number of hydrogen-bond acceptors (Lipinski definition) is 9. The fourth-order valence-electron chi connectivity index (χ4n) is 3.86. The number of ether oxygens (including phenoxy) is 2. The smallest absolute Gasteiger partial charge is 0.414 e. The average Bonchev–Trinajstić information content (AvgIpc) is 3.25. The highest BCUT2D eigenvalue weighted by Gasteiger charge is 2.52. The van der Waals surface area contributed by atoms with Crippen LogP contribution in [0.3, 0.4) is 0 Å². The van der Waals surface area contributed by atoms with Gasteiger partial charge in [0.05, 0.1) is 13.1 Å². The van der Waals surface area contributed by atoms with Gasteiger partial charge < -0.3 is 19.3 Å². The second kappa shape index (κ2) is 10.2. The lowest BCUT2D eigenvalue weighted by molar-refractivity contribution is -0.133. The minimum absolute atomic E-state index is 0.0514. The summed E-state index contributed by atoms with van der Waals surface area (Å²) in [4.78, 5) is 58.2. The molecular formula is C23H34N6O7S. The Morgan fingerprint density at radius 1 is 1.11 bits per heavy atom. The van der Waals surface area contributed by atoms with E-state index in [4.69, 9.17) is 9.47 Å². The molecule has 204 valence electrons. The number of fused-ring (bicyclic) bond motifs is 4. The Hall–Kier alpha value is -3.39. The van der Waals surface area contributed by atoms with E-state index in [1.807, 2.05) is 0 Å². The molecule has 1 aromatic heterocycles. The summed E-state index contributed by atoms with van der Waals surface area (Å²) >= 11 is 1.30. The van der Waals surface area contributed by atoms with Gasteiger partial charge in [-0.1, -0.05) is 0 Å². The van der Waals surface area contributed by atoms with E-state index in [1.165, 1.54) is 21.1 Å². The minimum Gasteiger partial charge on any atom is -0.444 e. The molecule has 3 N–H and O–H groups in total. The number of nitrogens with one attached hydrogen (secondary N) is 2. The van der Waals surface area contributed by atoms with Crippen LogP contribution in [0.4, 0.5) is 14.4 Å². The quantitative estimate of drug-likeness (QED) is 0.304. The summed E-state index contributed by atoms with van der Waals surface area (Å²) in [6.07, 6.45) is -1.66. The number of hydroxylamine groups is 2. The van der Waals surface area contributed by atoms with Gasteiger partial charge in [0, 0.05) is 24.5 Å². The van der Waals surface area contributed by atoms with Crippen LogP contribution in [0.2, 0.25) is 0 Å². The van der Waals surface area contributed by atoms with Crippen molar-refractivity contribution >= 4 is 41.4 Å². The van der Waals surface area contributed by atoms with Crippen LogP contribution in [-0.4, -0.2) is 82.0 Å². The molecule has 3 heterocycles. The van der Waals surface area contributed by atoms with Crippen molar-refractivity contribution in [3.05, 3.63) is 21.4 Å². The summed E-state index contributed by atoms with van der Waals surface area (Å²) < 4.78 is 10.5. The number of alkyl carbamates (subject to hydrolysis) is 2. The van der Waals surface area contributed by atoms with Crippen molar-refractivity contribution in [2.75, 3.05) is 20.6 Å². The van der Waals surface area contributed by atoms with E-state index >= 15 is 0 Å². The maximum Gasteiger partial charge on any atom is 0.414 e. The first-order valence-corrected chi connectivity index (χ1v) is 12.5. The Labute approximate surface area is 219 Å². The fourth-order valence-corrected chi connectivity index (χ4v) is 5.03. The zero-order chi connectivity index (χ0) is 27.9. The molecule has 2 aliphatic heterocycles. The zero-order valence-corrected chi connectivity index (χ0v) is 23.1. The molecule has 0 radical (unpaired) electrons. The molecule has 14 heteroatoms. The van der Waals surface area contributed by atoms with E-state index in [0.717, 1.165) is 0 Å². The molecule has 1 saturated heterocycles. The number of amides is 5. The van der Waals surface area contributed by atoms with Crippen LogP contribution in [0, 0.1) is 0 Å². The monoisotopic (exact) mass is 538 g/mol. The first kappa shape index (κ1) is 28.2. The third kappa shape index (κ3) is 6.49. The predicted molar refractivity (Wildman–Crippen MR) is 134 cm³/mol. The standard InChI is InChI=1S/C23H34N6O7S/c1-22(2,3)35-19(31)25-18(26-20(32)36-23(4,5)6)24-9-12-11-37-16-13-10-28(21(33)29(13)34)15(14(12)16)17(30)27(7)8/h11,13,15,34H,9-10H2,1-8H3,(H2,24,25,26,31,32)/t13-,15+/m1/s1. The Kier molecular flexibility index (Phi) is 7.75. The van der Waals surface area contributed by atoms with Crippen LogP contribution in [-0.2, 0) is 20.8 Å². The first-order valence-electron chi connectivity index (χ1n) is 11.6. The molecule has 3 rings (SSSR count). The summed E-state index contributed by atoms with van der Waals surface area (Å²) in [5.41, 5.74) is -0.400. The zero-order valence-electron chi connectivity index (χ0n) is 22.2. The number of hydrogen-bond donors (Lipinski definition) is 3. The highest BCUT2D eigenvalue weighted by Crippen LogP contribution is 2.47. The minimum atomic E-state index is -0.941. The van der Waals surface area contributed by atoms with Crippen molar-refractivity contribution in [1.29, 1.82) is 0 Å². The van der Waals surface area contributed by atoms with Crippen LogP contribution in [0.15, 0.2) is 10.4 Å². The average molecular weight is 539 g/mol. The highest BCUT2D eigenvalue weighted by atomic mass is 32.1. The number of carbonyl (C=O) groups excluding carboxylic acids is 4. The van der Waals surface area contributed by atoms with E-state index in [0.29, 0.717) is 21.1 Å². The molecule has 37 heavy (non-hydrogen) atoms. The number of rotatable bonds is 3. The number of aliphatic imine (C=N–C) groups is 1. The van der Waals surface area contributed by atoms with Gasteiger partial charge in [-0.15, -0.1) is 11.3 Å². The van der Waals surface area contributed by atoms with Crippen molar-refractivity contribution in [1.82, 2.24) is 25.5 Å². The van der Waals surface area contributed by atoms with Crippen molar-refractivity contribution in [3.8, 4) is 0 Å². The first-order chi connectivity index (χ1) is 17.0. The largest absolute Gasteiger partial charge is 0.444 e. The molecule has 0 aromatic carbocycles. The molecule has 13 nitrogen and oxygen atoms in total. The third-order valence-corrected chi connectivity index (χ3v) is 6.40. The van der Waals surface area contributed by atoms with Crippen LogP contribution < -0.4 is 10.6 Å². The van der Waals surface area contributed by atoms with E-state index in [2.05, 4.69) is 15.6 Å². The van der Waals surface area contributed by atoms with Crippen LogP contribution in [0.25, 0.3) is 0 Å². The lowest BCUT2D eigenvalue weighted by atomic mass is 9.94. The summed E-state index contributed by atoms with van der Waals surface area (Å²) in [5, 5.41) is 17.6. The second-order valence-corrected chi connectivity index (χ2v) is 11.8. The van der Waals surface area contributed by atoms with Crippen LogP contribution >= 0.6 is 11.3 Å². The van der Waals surface area contributed by atoms with E-state index in [9.17, 15) is 24.4 Å².